The van der Waals surface area contributed by atoms with Crippen molar-refractivity contribution in [2.24, 2.45) is 5.73 Å². The number of amides is 1. The van der Waals surface area contributed by atoms with E-state index in [1.807, 2.05) is 0 Å². The van der Waals surface area contributed by atoms with E-state index in [4.69, 9.17) is 5.73 Å². The molecule has 0 aliphatic carbocycles. The minimum absolute atomic E-state index is 0.118. The van der Waals surface area contributed by atoms with Gasteiger partial charge in [0.05, 0.1) is 11.1 Å². The standard InChI is InChI=1S/C13H7F5N2O/c14-10-4-7(5-11(15)20-10)6-1-2-8(12(19)21)9(3-6)13(16,17)18/h1-5H,(H2,19,21). The number of aromatic nitrogens is 1. The smallest absolute Gasteiger partial charge is 0.366 e. The van der Waals surface area contributed by atoms with E-state index in [1.54, 1.807) is 0 Å². The van der Waals surface area contributed by atoms with E-state index in [0.29, 0.717) is 6.07 Å². The number of nitrogens with two attached hydrogens (primary N) is 1. The molecular weight excluding hydrogens is 295 g/mol. The molecule has 3 nitrogen and oxygen atoms in total. The normalized spacial score (nSPS) is 11.5. The number of carbonyl (C=O) groups is 1. The molecule has 0 atom stereocenters. The average Bonchev–Trinajstić information content (AvgIpc) is 2.35. The van der Waals surface area contributed by atoms with E-state index in [-0.39, 0.29) is 11.1 Å². The van der Waals surface area contributed by atoms with Gasteiger partial charge in [-0.1, -0.05) is 6.07 Å². The zero-order chi connectivity index (χ0) is 15.8. The number of hydrogen-bond donors (Lipinski definition) is 1. The molecule has 0 aliphatic heterocycles. The Morgan fingerprint density at radius 2 is 1.57 bits per heavy atom. The Hall–Kier alpha value is -2.51. The van der Waals surface area contributed by atoms with Crippen molar-refractivity contribution in [2.75, 3.05) is 0 Å². The van der Waals surface area contributed by atoms with Crippen LogP contribution in [-0.2, 0) is 6.18 Å². The van der Waals surface area contributed by atoms with Crippen LogP contribution in [0.15, 0.2) is 30.3 Å². The van der Waals surface area contributed by atoms with E-state index >= 15 is 0 Å². The number of hydrogen-bond acceptors (Lipinski definition) is 2. The number of alkyl halides is 3. The van der Waals surface area contributed by atoms with Gasteiger partial charge in [-0.15, -0.1) is 0 Å². The highest BCUT2D eigenvalue weighted by Crippen LogP contribution is 2.35. The molecular formula is C13H7F5N2O. The third-order valence-electron chi connectivity index (χ3n) is 2.69. The van der Waals surface area contributed by atoms with Gasteiger partial charge in [-0.05, 0) is 23.3 Å². The van der Waals surface area contributed by atoms with Gasteiger partial charge < -0.3 is 5.73 Å². The first-order chi connectivity index (χ1) is 9.68. The Bertz CT molecular complexity index is 692. The van der Waals surface area contributed by atoms with E-state index in [1.165, 1.54) is 0 Å². The van der Waals surface area contributed by atoms with Gasteiger partial charge in [0.25, 0.3) is 0 Å². The third kappa shape index (κ3) is 3.15. The summed E-state index contributed by atoms with van der Waals surface area (Å²) in [6, 6.07) is 4.14. The lowest BCUT2D eigenvalue weighted by atomic mass is 9.99. The average molecular weight is 302 g/mol. The summed E-state index contributed by atoms with van der Waals surface area (Å²) in [6.07, 6.45) is -4.83. The summed E-state index contributed by atoms with van der Waals surface area (Å²) in [5.41, 5.74) is 2.63. The Labute approximate surface area is 115 Å². The first-order valence-electron chi connectivity index (χ1n) is 5.53. The number of primary amides is 1. The van der Waals surface area contributed by atoms with Crippen LogP contribution in [0.4, 0.5) is 22.0 Å². The zero-order valence-electron chi connectivity index (χ0n) is 10.2. The molecule has 1 aromatic heterocycles. The molecule has 2 rings (SSSR count). The fraction of sp³-hybridized carbons (Fsp3) is 0.0769. The van der Waals surface area contributed by atoms with Gasteiger partial charge in [-0.2, -0.15) is 26.9 Å². The second-order valence-corrected chi connectivity index (χ2v) is 4.12. The van der Waals surface area contributed by atoms with Crippen LogP contribution in [0.1, 0.15) is 15.9 Å². The Kier molecular flexibility index (Phi) is 3.63. The summed E-state index contributed by atoms with van der Waals surface area (Å²) in [4.78, 5) is 13.9. The lowest BCUT2D eigenvalue weighted by Crippen LogP contribution is -2.18. The summed E-state index contributed by atoms with van der Waals surface area (Å²) in [5.74, 6) is -3.59. The topological polar surface area (TPSA) is 56.0 Å². The van der Waals surface area contributed by atoms with Crippen molar-refractivity contribution in [3.63, 3.8) is 0 Å². The van der Waals surface area contributed by atoms with Crippen molar-refractivity contribution in [3.8, 4) is 11.1 Å². The third-order valence-corrected chi connectivity index (χ3v) is 2.69. The molecule has 2 N–H and O–H groups in total. The molecule has 1 heterocycles. The van der Waals surface area contributed by atoms with Gasteiger partial charge in [0.2, 0.25) is 17.8 Å². The molecule has 0 saturated carbocycles. The Morgan fingerprint density at radius 1 is 1.00 bits per heavy atom. The molecule has 1 amide bonds. The molecule has 8 heteroatoms. The van der Waals surface area contributed by atoms with Crippen molar-refractivity contribution in [1.29, 1.82) is 0 Å². The molecule has 0 bridgehead atoms. The number of pyridine rings is 1. The second kappa shape index (κ2) is 5.12. The summed E-state index contributed by atoms with van der Waals surface area (Å²) in [7, 11) is 0. The fourth-order valence-electron chi connectivity index (χ4n) is 1.80. The zero-order valence-corrected chi connectivity index (χ0v) is 10.2. The van der Waals surface area contributed by atoms with E-state index in [0.717, 1.165) is 24.3 Å². The fourth-order valence-corrected chi connectivity index (χ4v) is 1.80. The highest BCUT2D eigenvalue weighted by atomic mass is 19.4. The van der Waals surface area contributed by atoms with Gasteiger partial charge >= 0.3 is 6.18 Å². The molecule has 0 saturated heterocycles. The van der Waals surface area contributed by atoms with Gasteiger partial charge in [-0.3, -0.25) is 4.79 Å². The van der Waals surface area contributed by atoms with Gasteiger partial charge in [0.1, 0.15) is 0 Å². The van der Waals surface area contributed by atoms with Crippen LogP contribution < -0.4 is 5.73 Å². The second-order valence-electron chi connectivity index (χ2n) is 4.12. The Morgan fingerprint density at radius 3 is 2.05 bits per heavy atom. The van der Waals surface area contributed by atoms with Gasteiger partial charge in [0, 0.05) is 12.1 Å². The quantitative estimate of drug-likeness (QED) is 0.684. The van der Waals surface area contributed by atoms with Crippen molar-refractivity contribution < 1.29 is 26.7 Å². The minimum Gasteiger partial charge on any atom is -0.366 e. The Balaban J connectivity index is 2.64. The summed E-state index contributed by atoms with van der Waals surface area (Å²) < 4.78 is 64.7. The number of halogens is 5. The largest absolute Gasteiger partial charge is 0.417 e. The predicted octanol–water partition coefficient (Wildman–Crippen LogP) is 3.14. The number of carbonyl (C=O) groups excluding carboxylic acids is 1. The minimum atomic E-state index is -4.83. The highest BCUT2D eigenvalue weighted by molar-refractivity contribution is 5.95. The lowest BCUT2D eigenvalue weighted by molar-refractivity contribution is -0.137. The van der Waals surface area contributed by atoms with Crippen molar-refractivity contribution in [2.45, 2.75) is 6.18 Å². The number of rotatable bonds is 2. The number of benzene rings is 1. The number of nitrogens with zero attached hydrogens (tertiary/aromatic N) is 1. The molecule has 0 aliphatic rings. The predicted molar refractivity (Wildman–Crippen MR) is 63.1 cm³/mol. The van der Waals surface area contributed by atoms with Gasteiger partial charge in [-0.25, -0.2) is 0 Å². The summed E-state index contributed by atoms with van der Waals surface area (Å²) >= 11 is 0. The van der Waals surface area contributed by atoms with Crippen molar-refractivity contribution in [1.82, 2.24) is 4.98 Å². The highest BCUT2D eigenvalue weighted by Gasteiger charge is 2.35. The molecule has 0 unspecified atom stereocenters. The molecule has 0 spiro atoms. The SMILES string of the molecule is NC(=O)c1ccc(-c2cc(F)nc(F)c2)cc1C(F)(F)F. The lowest BCUT2D eigenvalue weighted by Gasteiger charge is -2.12. The van der Waals surface area contributed by atoms with E-state index in [2.05, 4.69) is 4.98 Å². The van der Waals surface area contributed by atoms with Crippen LogP contribution in [-0.4, -0.2) is 10.9 Å². The first kappa shape index (κ1) is 14.9. The monoisotopic (exact) mass is 302 g/mol. The van der Waals surface area contributed by atoms with E-state index in [9.17, 15) is 26.7 Å². The summed E-state index contributed by atoms with van der Waals surface area (Å²) in [5, 5.41) is 0. The molecule has 0 radical (unpaired) electrons. The first-order valence-corrected chi connectivity index (χ1v) is 5.53. The van der Waals surface area contributed by atoms with Crippen LogP contribution in [0.3, 0.4) is 0 Å². The molecule has 0 fully saturated rings. The van der Waals surface area contributed by atoms with Crippen LogP contribution in [0.5, 0.6) is 0 Å². The molecule has 2 aromatic rings. The maximum Gasteiger partial charge on any atom is 0.417 e. The van der Waals surface area contributed by atoms with Gasteiger partial charge in [0.15, 0.2) is 0 Å². The van der Waals surface area contributed by atoms with Crippen molar-refractivity contribution in [3.05, 3.63) is 53.4 Å². The summed E-state index contributed by atoms with van der Waals surface area (Å²) in [6.45, 7) is 0. The van der Waals surface area contributed by atoms with Crippen molar-refractivity contribution >= 4 is 5.91 Å². The van der Waals surface area contributed by atoms with Crippen LogP contribution in [0.25, 0.3) is 11.1 Å². The molecule has 110 valence electrons. The maximum absolute atomic E-state index is 13.0. The maximum atomic E-state index is 13.0. The van der Waals surface area contributed by atoms with Crippen LogP contribution in [0.2, 0.25) is 0 Å². The van der Waals surface area contributed by atoms with E-state index < -0.39 is 35.1 Å². The molecule has 1 aromatic carbocycles. The van der Waals surface area contributed by atoms with Crippen LogP contribution in [0, 0.1) is 11.9 Å². The van der Waals surface area contributed by atoms with Crippen LogP contribution >= 0.6 is 0 Å². The molecule has 21 heavy (non-hydrogen) atoms.